The molecule has 0 saturated carbocycles. The minimum atomic E-state index is -0.512. The predicted octanol–water partition coefficient (Wildman–Crippen LogP) is 3.85. The lowest BCUT2D eigenvalue weighted by atomic mass is 10.1. The number of pyridine rings is 1. The van der Waals surface area contributed by atoms with Gasteiger partial charge in [0.15, 0.2) is 5.88 Å². The number of hydrogen-bond donors (Lipinski definition) is 3. The monoisotopic (exact) mass is 362 g/mol. The van der Waals surface area contributed by atoms with Crippen molar-refractivity contribution in [2.24, 2.45) is 10.7 Å². The van der Waals surface area contributed by atoms with Gasteiger partial charge < -0.3 is 15.8 Å². The van der Waals surface area contributed by atoms with E-state index in [0.29, 0.717) is 22.5 Å². The van der Waals surface area contributed by atoms with E-state index in [2.05, 4.69) is 15.0 Å². The molecule has 26 heavy (non-hydrogen) atoms. The molecule has 0 fully saturated rings. The number of hydrogen-bond acceptors (Lipinski definition) is 5. The Morgan fingerprint density at radius 1 is 1.27 bits per heavy atom. The Balaban J connectivity index is 1.76. The van der Waals surface area contributed by atoms with Crippen LogP contribution in [0.2, 0.25) is 0 Å². The molecule has 4 N–H and O–H groups in total. The van der Waals surface area contributed by atoms with Crippen molar-refractivity contribution in [3.8, 4) is 17.0 Å². The number of H-pyrrole nitrogens is 1. The van der Waals surface area contributed by atoms with Crippen LogP contribution in [0.4, 0.5) is 5.69 Å². The van der Waals surface area contributed by atoms with Crippen molar-refractivity contribution in [2.45, 2.75) is 0 Å². The van der Waals surface area contributed by atoms with Crippen molar-refractivity contribution in [3.05, 3.63) is 64.5 Å². The van der Waals surface area contributed by atoms with Gasteiger partial charge in [-0.2, -0.15) is 11.3 Å². The van der Waals surface area contributed by atoms with E-state index in [1.807, 2.05) is 22.9 Å². The summed E-state index contributed by atoms with van der Waals surface area (Å²) >= 11 is 1.61. The molecule has 0 unspecified atom stereocenters. The topological polar surface area (TPSA) is 104 Å². The summed E-state index contributed by atoms with van der Waals surface area (Å²) < 4.78 is 0. The van der Waals surface area contributed by atoms with E-state index in [9.17, 15) is 9.90 Å². The summed E-state index contributed by atoms with van der Waals surface area (Å²) in [4.78, 5) is 22.9. The highest BCUT2D eigenvalue weighted by Gasteiger charge is 2.12. The molecule has 4 aromatic rings. The lowest BCUT2D eigenvalue weighted by Gasteiger charge is -1.99. The lowest BCUT2D eigenvalue weighted by molar-refractivity contribution is 0.100. The van der Waals surface area contributed by atoms with Crippen molar-refractivity contribution in [1.82, 2.24) is 9.97 Å². The average molecular weight is 362 g/mol. The molecule has 0 aliphatic heterocycles. The molecule has 0 bridgehead atoms. The van der Waals surface area contributed by atoms with Gasteiger partial charge in [0.1, 0.15) is 5.65 Å². The van der Waals surface area contributed by atoms with E-state index in [-0.39, 0.29) is 5.88 Å². The molecule has 0 aliphatic carbocycles. The number of benzene rings is 1. The van der Waals surface area contributed by atoms with Gasteiger partial charge in [-0.25, -0.2) is 4.98 Å². The Hall–Kier alpha value is -3.45. The van der Waals surface area contributed by atoms with Crippen LogP contribution in [0.5, 0.6) is 5.88 Å². The minimum absolute atomic E-state index is 0.00947. The molecule has 7 heteroatoms. The third kappa shape index (κ3) is 2.96. The molecule has 0 spiro atoms. The first-order chi connectivity index (χ1) is 12.6. The average Bonchev–Trinajstić information content (AvgIpc) is 3.27. The van der Waals surface area contributed by atoms with Gasteiger partial charge in [0, 0.05) is 28.9 Å². The number of aromatic amines is 1. The van der Waals surface area contributed by atoms with Crippen molar-refractivity contribution in [1.29, 1.82) is 0 Å². The van der Waals surface area contributed by atoms with Gasteiger partial charge in [-0.3, -0.25) is 9.79 Å². The Morgan fingerprint density at radius 2 is 2.15 bits per heavy atom. The Labute approximate surface area is 152 Å². The van der Waals surface area contributed by atoms with E-state index in [1.165, 1.54) is 0 Å². The Morgan fingerprint density at radius 3 is 2.92 bits per heavy atom. The molecule has 3 aromatic heterocycles. The minimum Gasteiger partial charge on any atom is -0.494 e. The van der Waals surface area contributed by atoms with Gasteiger partial charge in [0.25, 0.3) is 0 Å². The number of amides is 1. The maximum absolute atomic E-state index is 11.3. The predicted molar refractivity (Wildman–Crippen MR) is 103 cm³/mol. The summed E-state index contributed by atoms with van der Waals surface area (Å²) in [5, 5.41) is 15.0. The molecule has 128 valence electrons. The first-order valence-corrected chi connectivity index (χ1v) is 8.73. The molecule has 1 aromatic carbocycles. The summed E-state index contributed by atoms with van der Waals surface area (Å²) in [6.45, 7) is 0. The number of aromatic hydroxyl groups is 1. The number of carbonyl (C=O) groups excluding carboxylic acids is 1. The largest absolute Gasteiger partial charge is 0.494 e. The van der Waals surface area contributed by atoms with Crippen LogP contribution in [0.3, 0.4) is 0 Å². The van der Waals surface area contributed by atoms with Crippen molar-refractivity contribution < 1.29 is 9.90 Å². The van der Waals surface area contributed by atoms with E-state index >= 15 is 0 Å². The van der Waals surface area contributed by atoms with E-state index in [0.717, 1.165) is 16.5 Å². The zero-order valence-electron chi connectivity index (χ0n) is 13.5. The fourth-order valence-electron chi connectivity index (χ4n) is 2.67. The molecular weight excluding hydrogens is 348 g/mol. The van der Waals surface area contributed by atoms with Crippen LogP contribution < -0.4 is 5.73 Å². The van der Waals surface area contributed by atoms with Crippen LogP contribution in [-0.4, -0.2) is 27.2 Å². The number of nitrogens with zero attached hydrogens (tertiary/aromatic N) is 2. The first kappa shape index (κ1) is 16.0. The van der Waals surface area contributed by atoms with Crippen LogP contribution in [-0.2, 0) is 0 Å². The zero-order valence-corrected chi connectivity index (χ0v) is 14.3. The van der Waals surface area contributed by atoms with Gasteiger partial charge in [-0.15, -0.1) is 0 Å². The molecule has 0 saturated heterocycles. The normalized spacial score (nSPS) is 11.4. The maximum Gasteiger partial charge on any atom is 0.248 e. The number of carbonyl (C=O) groups is 1. The number of fused-ring (bicyclic) bond motifs is 1. The van der Waals surface area contributed by atoms with E-state index in [4.69, 9.17) is 5.73 Å². The second-order valence-electron chi connectivity index (χ2n) is 5.69. The number of primary amides is 1. The molecule has 1 amide bonds. The first-order valence-electron chi connectivity index (χ1n) is 7.79. The standard InChI is InChI=1S/C19H14N4O2S/c20-17(24)11-2-1-3-14(6-11)21-9-16-15-7-13(12-4-5-26-10-12)8-22-18(15)23-19(16)25/h1-10,25H,(H2,20,24)(H,22,23). The Kier molecular flexibility index (Phi) is 3.98. The molecular formula is C19H14N4O2S. The summed E-state index contributed by atoms with van der Waals surface area (Å²) in [5.41, 5.74) is 9.38. The van der Waals surface area contributed by atoms with Gasteiger partial charge in [-0.05, 0) is 46.7 Å². The number of thiophene rings is 1. The lowest BCUT2D eigenvalue weighted by Crippen LogP contribution is -2.10. The van der Waals surface area contributed by atoms with Crippen LogP contribution in [0.1, 0.15) is 15.9 Å². The molecule has 0 atom stereocenters. The molecule has 6 nitrogen and oxygen atoms in total. The number of aliphatic imine (C=N–C) groups is 1. The van der Waals surface area contributed by atoms with E-state index in [1.54, 1.807) is 48.0 Å². The zero-order chi connectivity index (χ0) is 18.1. The SMILES string of the molecule is NC(=O)c1cccc(N=Cc2c(O)[nH]c3ncc(-c4ccsc4)cc23)c1. The fraction of sp³-hybridized carbons (Fsp3) is 0. The van der Waals surface area contributed by atoms with Crippen molar-refractivity contribution in [2.75, 3.05) is 0 Å². The second kappa shape index (κ2) is 6.45. The van der Waals surface area contributed by atoms with Gasteiger partial charge in [0.2, 0.25) is 5.91 Å². The van der Waals surface area contributed by atoms with Crippen LogP contribution >= 0.6 is 11.3 Å². The number of nitrogens with two attached hydrogens (primary N) is 1. The second-order valence-corrected chi connectivity index (χ2v) is 6.47. The number of rotatable bonds is 4. The van der Waals surface area contributed by atoms with Gasteiger partial charge in [-0.1, -0.05) is 6.07 Å². The molecule has 0 radical (unpaired) electrons. The Bertz CT molecular complexity index is 1130. The van der Waals surface area contributed by atoms with Crippen molar-refractivity contribution >= 4 is 40.2 Å². The summed E-state index contributed by atoms with van der Waals surface area (Å²) in [5.74, 6) is -0.522. The highest BCUT2D eigenvalue weighted by Crippen LogP contribution is 2.30. The summed E-state index contributed by atoms with van der Waals surface area (Å²) in [7, 11) is 0. The smallest absolute Gasteiger partial charge is 0.248 e. The molecule has 3 heterocycles. The van der Waals surface area contributed by atoms with Crippen molar-refractivity contribution in [3.63, 3.8) is 0 Å². The highest BCUT2D eigenvalue weighted by atomic mass is 32.1. The van der Waals surface area contributed by atoms with Gasteiger partial charge in [0.05, 0.1) is 11.3 Å². The molecule has 4 rings (SSSR count). The number of nitrogens with one attached hydrogen (secondary N) is 1. The van der Waals surface area contributed by atoms with Gasteiger partial charge >= 0.3 is 0 Å². The molecule has 0 aliphatic rings. The fourth-order valence-corrected chi connectivity index (χ4v) is 3.34. The quantitative estimate of drug-likeness (QED) is 0.480. The number of aromatic nitrogens is 2. The third-order valence-electron chi connectivity index (χ3n) is 4.00. The maximum atomic E-state index is 11.3. The highest BCUT2D eigenvalue weighted by molar-refractivity contribution is 7.08. The van der Waals surface area contributed by atoms with Crippen LogP contribution in [0, 0.1) is 0 Å². The third-order valence-corrected chi connectivity index (χ3v) is 4.68. The summed E-state index contributed by atoms with van der Waals surface area (Å²) in [6, 6.07) is 10.7. The summed E-state index contributed by atoms with van der Waals surface area (Å²) in [6.07, 6.45) is 3.31. The van der Waals surface area contributed by atoms with Crippen LogP contribution in [0.25, 0.3) is 22.2 Å². The van der Waals surface area contributed by atoms with E-state index < -0.39 is 5.91 Å². The van der Waals surface area contributed by atoms with Crippen LogP contribution in [0.15, 0.2) is 58.3 Å².